The summed E-state index contributed by atoms with van der Waals surface area (Å²) in [5.41, 5.74) is 0. The summed E-state index contributed by atoms with van der Waals surface area (Å²) in [6.07, 6.45) is 0. The van der Waals surface area contributed by atoms with Crippen LogP contribution in [0.4, 0.5) is 13.2 Å². The number of hydrogen-bond acceptors (Lipinski definition) is 4. The van der Waals surface area contributed by atoms with Gasteiger partial charge in [0.15, 0.2) is 11.6 Å². The lowest BCUT2D eigenvalue weighted by Crippen LogP contribution is -2.28. The fourth-order valence-electron chi connectivity index (χ4n) is 1.28. The largest absolute Gasteiger partial charge is 0.382 e. The number of hydrogen-bond donors (Lipinski definition) is 1. The van der Waals surface area contributed by atoms with Crippen molar-refractivity contribution in [3.05, 3.63) is 29.6 Å². The fraction of sp³-hybridized carbons (Fsp3) is 0.455. The van der Waals surface area contributed by atoms with E-state index in [1.807, 2.05) is 4.72 Å². The van der Waals surface area contributed by atoms with Gasteiger partial charge in [0, 0.05) is 19.7 Å². The van der Waals surface area contributed by atoms with E-state index in [2.05, 4.69) is 0 Å². The SMILES string of the molecule is COCCOCCNS(=O)(=O)c1cc(F)c(F)cc1F. The van der Waals surface area contributed by atoms with E-state index >= 15 is 0 Å². The Bertz CT molecular complexity index is 551. The Morgan fingerprint density at radius 2 is 1.70 bits per heavy atom. The van der Waals surface area contributed by atoms with Gasteiger partial charge in [0.25, 0.3) is 0 Å². The van der Waals surface area contributed by atoms with E-state index in [0.717, 1.165) is 0 Å². The summed E-state index contributed by atoms with van der Waals surface area (Å²) in [6, 6.07) is 0.470. The normalized spacial score (nSPS) is 11.8. The molecule has 1 rings (SSSR count). The zero-order chi connectivity index (χ0) is 15.2. The van der Waals surface area contributed by atoms with E-state index in [9.17, 15) is 21.6 Å². The summed E-state index contributed by atoms with van der Waals surface area (Å²) < 4.78 is 74.1. The van der Waals surface area contributed by atoms with Crippen LogP contribution in [0.5, 0.6) is 0 Å². The van der Waals surface area contributed by atoms with Crippen LogP contribution in [0.15, 0.2) is 17.0 Å². The monoisotopic (exact) mass is 313 g/mol. The Hall–Kier alpha value is -1.16. The van der Waals surface area contributed by atoms with Crippen LogP contribution >= 0.6 is 0 Å². The molecule has 0 bridgehead atoms. The molecule has 0 saturated carbocycles. The van der Waals surface area contributed by atoms with Gasteiger partial charge in [-0.2, -0.15) is 0 Å². The second-order valence-electron chi connectivity index (χ2n) is 3.70. The van der Waals surface area contributed by atoms with E-state index < -0.39 is 32.4 Å². The first-order chi connectivity index (χ1) is 9.38. The molecular weight excluding hydrogens is 299 g/mol. The standard InChI is InChI=1S/C11H14F3NO4S/c1-18-4-5-19-3-2-15-20(16,17)11-7-9(13)8(12)6-10(11)14/h6-7,15H,2-5H2,1H3. The van der Waals surface area contributed by atoms with E-state index in [1.54, 1.807) is 0 Å². The second-order valence-corrected chi connectivity index (χ2v) is 5.44. The fourth-order valence-corrected chi connectivity index (χ4v) is 2.36. The lowest BCUT2D eigenvalue weighted by atomic mass is 10.3. The van der Waals surface area contributed by atoms with E-state index in [1.165, 1.54) is 7.11 Å². The molecule has 0 fully saturated rings. The van der Waals surface area contributed by atoms with Crippen LogP contribution in [0, 0.1) is 17.5 Å². The number of benzene rings is 1. The lowest BCUT2D eigenvalue weighted by molar-refractivity contribution is 0.0736. The first kappa shape index (κ1) is 16.9. The Morgan fingerprint density at radius 3 is 2.35 bits per heavy atom. The average molecular weight is 313 g/mol. The predicted octanol–water partition coefficient (Wildman–Crippen LogP) is 1.05. The molecule has 0 spiro atoms. The summed E-state index contributed by atoms with van der Waals surface area (Å²) in [5, 5.41) is 0. The molecule has 0 heterocycles. The van der Waals surface area contributed by atoms with E-state index in [-0.39, 0.29) is 25.8 Å². The first-order valence-electron chi connectivity index (χ1n) is 5.59. The highest BCUT2D eigenvalue weighted by Crippen LogP contribution is 2.18. The third-order valence-electron chi connectivity index (χ3n) is 2.23. The van der Waals surface area contributed by atoms with Gasteiger partial charge in [0.05, 0.1) is 19.8 Å². The Balaban J connectivity index is 2.63. The molecule has 9 heteroatoms. The van der Waals surface area contributed by atoms with Crippen LogP contribution in [-0.4, -0.2) is 41.9 Å². The third kappa shape index (κ3) is 4.75. The Morgan fingerprint density at radius 1 is 1.05 bits per heavy atom. The molecular formula is C11H14F3NO4S. The molecule has 0 aromatic heterocycles. The van der Waals surface area contributed by atoms with E-state index in [0.29, 0.717) is 12.7 Å². The van der Waals surface area contributed by atoms with Crippen molar-refractivity contribution in [1.82, 2.24) is 4.72 Å². The zero-order valence-electron chi connectivity index (χ0n) is 10.7. The van der Waals surface area contributed by atoms with Crippen molar-refractivity contribution in [2.75, 3.05) is 33.5 Å². The number of halogens is 3. The van der Waals surface area contributed by atoms with Crippen molar-refractivity contribution in [1.29, 1.82) is 0 Å². The molecule has 0 unspecified atom stereocenters. The van der Waals surface area contributed by atoms with Crippen LogP contribution in [0.3, 0.4) is 0 Å². The Labute approximate surface area is 114 Å². The molecule has 0 atom stereocenters. The van der Waals surface area contributed by atoms with Crippen molar-refractivity contribution in [2.24, 2.45) is 0 Å². The van der Waals surface area contributed by atoms with Gasteiger partial charge in [0.2, 0.25) is 10.0 Å². The van der Waals surface area contributed by atoms with Crippen molar-refractivity contribution in [2.45, 2.75) is 4.90 Å². The zero-order valence-corrected chi connectivity index (χ0v) is 11.5. The van der Waals surface area contributed by atoms with Crippen molar-refractivity contribution < 1.29 is 31.1 Å². The molecule has 0 saturated heterocycles. The topological polar surface area (TPSA) is 64.6 Å². The Kier molecular flexibility index (Phi) is 6.40. The molecule has 1 aromatic carbocycles. The van der Waals surface area contributed by atoms with Gasteiger partial charge >= 0.3 is 0 Å². The van der Waals surface area contributed by atoms with Gasteiger partial charge in [-0.3, -0.25) is 0 Å². The van der Waals surface area contributed by atoms with Crippen LogP contribution in [0.25, 0.3) is 0 Å². The molecule has 0 aliphatic carbocycles. The average Bonchev–Trinajstić information content (AvgIpc) is 2.37. The maximum Gasteiger partial charge on any atom is 0.243 e. The molecule has 0 amide bonds. The minimum Gasteiger partial charge on any atom is -0.382 e. The summed E-state index contributed by atoms with van der Waals surface area (Å²) in [6.45, 7) is 0.528. The molecule has 5 nitrogen and oxygen atoms in total. The molecule has 1 aromatic rings. The van der Waals surface area contributed by atoms with Crippen LogP contribution < -0.4 is 4.72 Å². The third-order valence-corrected chi connectivity index (χ3v) is 3.71. The maximum atomic E-state index is 13.3. The van der Waals surface area contributed by atoms with Crippen molar-refractivity contribution >= 4 is 10.0 Å². The highest BCUT2D eigenvalue weighted by molar-refractivity contribution is 7.89. The number of ether oxygens (including phenoxy) is 2. The predicted molar refractivity (Wildman–Crippen MR) is 64.2 cm³/mol. The van der Waals surface area contributed by atoms with Gasteiger partial charge in [-0.15, -0.1) is 0 Å². The van der Waals surface area contributed by atoms with Crippen LogP contribution in [0.1, 0.15) is 0 Å². The summed E-state index contributed by atoms with van der Waals surface area (Å²) in [4.78, 5) is -0.951. The van der Waals surface area contributed by atoms with Gasteiger partial charge in [-0.1, -0.05) is 0 Å². The van der Waals surface area contributed by atoms with Crippen molar-refractivity contribution in [3.63, 3.8) is 0 Å². The molecule has 1 N–H and O–H groups in total. The number of rotatable bonds is 8. The first-order valence-corrected chi connectivity index (χ1v) is 7.07. The summed E-state index contributed by atoms with van der Waals surface area (Å²) in [7, 11) is -2.78. The molecule has 114 valence electrons. The van der Waals surface area contributed by atoms with Crippen LogP contribution in [-0.2, 0) is 19.5 Å². The smallest absolute Gasteiger partial charge is 0.243 e. The summed E-state index contributed by atoms with van der Waals surface area (Å²) in [5.74, 6) is -4.26. The number of nitrogens with one attached hydrogen (secondary N) is 1. The van der Waals surface area contributed by atoms with Gasteiger partial charge < -0.3 is 9.47 Å². The maximum absolute atomic E-state index is 13.3. The minimum atomic E-state index is -4.27. The quantitative estimate of drug-likeness (QED) is 0.575. The van der Waals surface area contributed by atoms with Gasteiger partial charge in [0.1, 0.15) is 10.7 Å². The molecule has 0 aliphatic heterocycles. The summed E-state index contributed by atoms with van der Waals surface area (Å²) >= 11 is 0. The lowest BCUT2D eigenvalue weighted by Gasteiger charge is -2.08. The van der Waals surface area contributed by atoms with Gasteiger partial charge in [-0.25, -0.2) is 26.3 Å². The van der Waals surface area contributed by atoms with Crippen molar-refractivity contribution in [3.8, 4) is 0 Å². The second kappa shape index (κ2) is 7.58. The highest BCUT2D eigenvalue weighted by atomic mass is 32.2. The number of sulfonamides is 1. The number of methoxy groups -OCH3 is 1. The minimum absolute atomic E-state index is 0.0356. The van der Waals surface area contributed by atoms with Gasteiger partial charge in [-0.05, 0) is 6.07 Å². The van der Waals surface area contributed by atoms with Crippen LogP contribution in [0.2, 0.25) is 0 Å². The molecule has 20 heavy (non-hydrogen) atoms. The van der Waals surface area contributed by atoms with E-state index in [4.69, 9.17) is 9.47 Å². The molecule has 0 aliphatic rings. The highest BCUT2D eigenvalue weighted by Gasteiger charge is 2.21. The molecule has 0 radical (unpaired) electrons.